The second-order valence-corrected chi connectivity index (χ2v) is 3.98. The summed E-state index contributed by atoms with van der Waals surface area (Å²) in [5.41, 5.74) is 6.50. The number of carbonyl (C=O) groups is 1. The molecule has 1 heterocycles. The topological polar surface area (TPSA) is 101 Å². The number of para-hydroxylation sites is 2. The third-order valence-electron chi connectivity index (χ3n) is 2.42. The van der Waals surface area contributed by atoms with Crippen LogP contribution in [0, 0.1) is 11.3 Å². The van der Waals surface area contributed by atoms with Gasteiger partial charge in [0.2, 0.25) is 11.8 Å². The molecule has 6 heteroatoms. The normalized spacial score (nSPS) is 9.60. The van der Waals surface area contributed by atoms with Crippen molar-refractivity contribution in [2.45, 2.75) is 6.92 Å². The van der Waals surface area contributed by atoms with Crippen LogP contribution in [0.1, 0.15) is 12.6 Å². The molecule has 0 aliphatic heterocycles. The first-order valence-corrected chi connectivity index (χ1v) is 5.81. The summed E-state index contributed by atoms with van der Waals surface area (Å²) < 4.78 is 5.58. The Morgan fingerprint density at radius 3 is 2.80 bits per heavy atom. The molecule has 1 aromatic heterocycles. The zero-order chi connectivity index (χ0) is 14.5. The third-order valence-corrected chi connectivity index (χ3v) is 2.42. The molecule has 0 bridgehead atoms. The highest BCUT2D eigenvalue weighted by Crippen LogP contribution is 2.28. The predicted octanol–water partition coefficient (Wildman–Crippen LogP) is 2.29. The Kier molecular flexibility index (Phi) is 3.82. The average Bonchev–Trinajstić information content (AvgIpc) is 2.42. The number of ether oxygens (including phenoxy) is 1. The van der Waals surface area contributed by atoms with E-state index in [1.165, 1.54) is 6.92 Å². The zero-order valence-electron chi connectivity index (χ0n) is 10.8. The van der Waals surface area contributed by atoms with Crippen molar-refractivity contribution in [2.75, 3.05) is 11.1 Å². The number of hydrogen-bond acceptors (Lipinski definition) is 5. The van der Waals surface area contributed by atoms with Gasteiger partial charge in [0, 0.05) is 13.0 Å². The summed E-state index contributed by atoms with van der Waals surface area (Å²) in [6.45, 7) is 1.41. The van der Waals surface area contributed by atoms with Crippen molar-refractivity contribution < 1.29 is 9.53 Å². The van der Waals surface area contributed by atoms with Gasteiger partial charge in [-0.15, -0.1) is 0 Å². The molecule has 2 aromatic rings. The van der Waals surface area contributed by atoms with Gasteiger partial charge in [-0.05, 0) is 18.2 Å². The van der Waals surface area contributed by atoms with E-state index in [1.807, 2.05) is 6.07 Å². The maximum absolute atomic E-state index is 11.1. The number of aromatic nitrogens is 1. The predicted molar refractivity (Wildman–Crippen MR) is 74.2 cm³/mol. The molecule has 0 aliphatic carbocycles. The van der Waals surface area contributed by atoms with Crippen molar-refractivity contribution >= 4 is 17.3 Å². The Labute approximate surface area is 115 Å². The number of carbonyl (C=O) groups excluding carboxylic acids is 1. The summed E-state index contributed by atoms with van der Waals surface area (Å²) in [5, 5.41) is 11.5. The number of nitrogens with one attached hydrogen (secondary N) is 1. The van der Waals surface area contributed by atoms with Gasteiger partial charge in [-0.2, -0.15) is 5.26 Å². The summed E-state index contributed by atoms with van der Waals surface area (Å²) in [7, 11) is 0. The van der Waals surface area contributed by atoms with E-state index < -0.39 is 0 Å². The van der Waals surface area contributed by atoms with E-state index in [-0.39, 0.29) is 23.2 Å². The molecule has 0 aliphatic rings. The van der Waals surface area contributed by atoms with Crippen LogP contribution in [0.4, 0.5) is 11.4 Å². The van der Waals surface area contributed by atoms with Crippen LogP contribution in [0.5, 0.6) is 11.6 Å². The van der Waals surface area contributed by atoms with Gasteiger partial charge in [-0.25, -0.2) is 4.98 Å². The molecule has 1 amide bonds. The number of nitrogens with two attached hydrogens (primary N) is 1. The first kappa shape index (κ1) is 13.4. The van der Waals surface area contributed by atoms with Gasteiger partial charge in [-0.1, -0.05) is 12.1 Å². The number of anilines is 2. The van der Waals surface area contributed by atoms with Gasteiger partial charge >= 0.3 is 0 Å². The number of pyridine rings is 1. The minimum Gasteiger partial charge on any atom is -0.437 e. The Morgan fingerprint density at radius 1 is 1.35 bits per heavy atom. The van der Waals surface area contributed by atoms with Crippen LogP contribution < -0.4 is 15.8 Å². The van der Waals surface area contributed by atoms with Crippen LogP contribution in [0.25, 0.3) is 0 Å². The summed E-state index contributed by atoms with van der Waals surface area (Å²) in [5.74, 6) is 0.460. The Bertz CT molecular complexity index is 692. The first-order chi connectivity index (χ1) is 9.60. The van der Waals surface area contributed by atoms with Crippen molar-refractivity contribution in [1.82, 2.24) is 4.98 Å². The first-order valence-electron chi connectivity index (χ1n) is 5.81. The van der Waals surface area contributed by atoms with Crippen LogP contribution in [0.15, 0.2) is 36.4 Å². The lowest BCUT2D eigenvalue weighted by atomic mass is 10.3. The Morgan fingerprint density at radius 2 is 2.10 bits per heavy atom. The maximum Gasteiger partial charge on any atom is 0.221 e. The largest absolute Gasteiger partial charge is 0.437 e. The Balaban J connectivity index is 2.31. The molecule has 0 saturated carbocycles. The fourth-order valence-corrected chi connectivity index (χ4v) is 1.56. The molecule has 0 spiro atoms. The van der Waals surface area contributed by atoms with Crippen LogP contribution in [-0.2, 0) is 4.79 Å². The summed E-state index contributed by atoms with van der Waals surface area (Å²) in [6, 6.07) is 11.9. The van der Waals surface area contributed by atoms with Gasteiger partial charge in [0.05, 0.1) is 11.4 Å². The van der Waals surface area contributed by atoms with E-state index in [4.69, 9.17) is 15.7 Å². The highest BCUT2D eigenvalue weighted by Gasteiger charge is 2.08. The van der Waals surface area contributed by atoms with Crippen molar-refractivity contribution in [3.05, 3.63) is 42.1 Å². The lowest BCUT2D eigenvalue weighted by Gasteiger charge is -2.10. The molecule has 0 saturated heterocycles. The molecule has 2 rings (SSSR count). The highest BCUT2D eigenvalue weighted by molar-refractivity contribution is 5.90. The average molecular weight is 268 g/mol. The standard InChI is InChI=1S/C14H12N4O2/c1-9(19)17-11-4-2-3-5-13(11)20-14-7-6-10(16)12(8-15)18-14/h2-7H,16H2,1H3,(H,17,19). The van der Waals surface area contributed by atoms with Gasteiger partial charge in [0.1, 0.15) is 6.07 Å². The number of rotatable bonds is 3. The molecule has 0 radical (unpaired) electrons. The number of nitrogens with zero attached hydrogens (tertiary/aromatic N) is 2. The molecule has 20 heavy (non-hydrogen) atoms. The van der Waals surface area contributed by atoms with E-state index >= 15 is 0 Å². The fraction of sp³-hybridized carbons (Fsp3) is 0.0714. The molecule has 100 valence electrons. The van der Waals surface area contributed by atoms with Crippen LogP contribution in [0.2, 0.25) is 0 Å². The van der Waals surface area contributed by atoms with Crippen molar-refractivity contribution in [1.29, 1.82) is 5.26 Å². The molecule has 0 atom stereocenters. The SMILES string of the molecule is CC(=O)Nc1ccccc1Oc1ccc(N)c(C#N)n1. The zero-order valence-corrected chi connectivity index (χ0v) is 10.8. The Hall–Kier alpha value is -3.07. The maximum atomic E-state index is 11.1. The van der Waals surface area contributed by atoms with E-state index in [0.29, 0.717) is 11.4 Å². The summed E-state index contributed by atoms with van der Waals surface area (Å²) in [6.07, 6.45) is 0. The second kappa shape index (κ2) is 5.71. The van der Waals surface area contributed by atoms with Gasteiger partial charge in [0.15, 0.2) is 11.4 Å². The smallest absolute Gasteiger partial charge is 0.221 e. The van der Waals surface area contributed by atoms with E-state index in [9.17, 15) is 4.79 Å². The third kappa shape index (κ3) is 3.03. The van der Waals surface area contributed by atoms with Crippen molar-refractivity contribution in [2.24, 2.45) is 0 Å². The summed E-state index contributed by atoms with van der Waals surface area (Å²) >= 11 is 0. The number of amides is 1. The number of nitriles is 1. The van der Waals surface area contributed by atoms with Crippen molar-refractivity contribution in [3.8, 4) is 17.7 Å². The van der Waals surface area contributed by atoms with Crippen molar-refractivity contribution in [3.63, 3.8) is 0 Å². The molecular formula is C14H12N4O2. The number of nitrogen functional groups attached to an aromatic ring is 1. The number of benzene rings is 1. The highest BCUT2D eigenvalue weighted by atomic mass is 16.5. The van der Waals surface area contributed by atoms with Gasteiger partial charge < -0.3 is 15.8 Å². The van der Waals surface area contributed by atoms with Crippen LogP contribution in [-0.4, -0.2) is 10.9 Å². The minimum atomic E-state index is -0.205. The van der Waals surface area contributed by atoms with Crippen LogP contribution in [0.3, 0.4) is 0 Å². The van der Waals surface area contributed by atoms with Crippen LogP contribution >= 0.6 is 0 Å². The van der Waals surface area contributed by atoms with E-state index in [2.05, 4.69) is 10.3 Å². The van der Waals surface area contributed by atoms with E-state index in [1.54, 1.807) is 36.4 Å². The second-order valence-electron chi connectivity index (χ2n) is 3.98. The lowest BCUT2D eigenvalue weighted by molar-refractivity contribution is -0.114. The molecular weight excluding hydrogens is 256 g/mol. The quantitative estimate of drug-likeness (QED) is 0.889. The minimum absolute atomic E-state index is 0.0968. The fourth-order valence-electron chi connectivity index (χ4n) is 1.56. The molecule has 0 unspecified atom stereocenters. The molecule has 1 aromatic carbocycles. The molecule has 6 nitrogen and oxygen atoms in total. The lowest BCUT2D eigenvalue weighted by Crippen LogP contribution is -2.07. The molecule has 0 fully saturated rings. The summed E-state index contributed by atoms with van der Waals surface area (Å²) in [4.78, 5) is 15.1. The van der Waals surface area contributed by atoms with Gasteiger partial charge in [0.25, 0.3) is 0 Å². The van der Waals surface area contributed by atoms with Gasteiger partial charge in [-0.3, -0.25) is 4.79 Å². The molecule has 3 N–H and O–H groups in total. The monoisotopic (exact) mass is 268 g/mol. The van der Waals surface area contributed by atoms with E-state index in [0.717, 1.165) is 0 Å². The number of hydrogen-bond donors (Lipinski definition) is 2.